The number of hydrogen-bond donors (Lipinski definition) is 0. The molecular formula is C48H33N3. The first-order chi connectivity index (χ1) is 25.3. The van der Waals surface area contributed by atoms with Crippen LogP contribution in [0.15, 0.2) is 188 Å². The molecule has 0 atom stereocenters. The molecule has 0 N–H and O–H groups in total. The number of aromatic nitrogens is 3. The van der Waals surface area contributed by atoms with Crippen molar-refractivity contribution in [1.29, 1.82) is 0 Å². The van der Waals surface area contributed by atoms with E-state index in [0.29, 0.717) is 0 Å². The zero-order chi connectivity index (χ0) is 33.5. The lowest BCUT2D eigenvalue weighted by Gasteiger charge is -2.39. The van der Waals surface area contributed by atoms with E-state index in [0.717, 1.165) is 6.42 Å². The summed E-state index contributed by atoms with van der Waals surface area (Å²) >= 11 is 0. The minimum Gasteiger partial charge on any atom is -0.313 e. The zero-order valence-electron chi connectivity index (χ0n) is 27.9. The van der Waals surface area contributed by atoms with Gasteiger partial charge in [0.25, 0.3) is 0 Å². The van der Waals surface area contributed by atoms with Crippen LogP contribution < -0.4 is 0 Å². The quantitative estimate of drug-likeness (QED) is 0.180. The topological polar surface area (TPSA) is 14.8 Å². The highest BCUT2D eigenvalue weighted by atomic mass is 15.3. The van der Waals surface area contributed by atoms with E-state index in [1.807, 2.05) is 0 Å². The minimum atomic E-state index is -0.530. The number of fused-ring (bicyclic) bond motifs is 9. The van der Waals surface area contributed by atoms with Crippen molar-refractivity contribution < 1.29 is 0 Å². The summed E-state index contributed by atoms with van der Waals surface area (Å²) in [7, 11) is 0. The van der Waals surface area contributed by atoms with E-state index in [9.17, 15) is 0 Å². The molecule has 0 radical (unpaired) electrons. The predicted molar refractivity (Wildman–Crippen MR) is 215 cm³/mol. The molecule has 0 saturated heterocycles. The Hall–Kier alpha value is -6.58. The number of nitrogens with zero attached hydrogens (tertiary/aromatic N) is 3. The Balaban J connectivity index is 1.10. The van der Waals surface area contributed by atoms with Crippen molar-refractivity contribution in [2.75, 3.05) is 0 Å². The van der Waals surface area contributed by atoms with E-state index in [1.54, 1.807) is 0 Å². The molecule has 51 heavy (non-hydrogen) atoms. The molecule has 11 rings (SSSR count). The lowest BCUT2D eigenvalue weighted by atomic mass is 9.91. The highest BCUT2D eigenvalue weighted by Gasteiger charge is 2.37. The lowest BCUT2D eigenvalue weighted by Crippen LogP contribution is -2.39. The van der Waals surface area contributed by atoms with E-state index in [1.165, 1.54) is 82.2 Å². The van der Waals surface area contributed by atoms with Crippen molar-refractivity contribution in [2.45, 2.75) is 12.1 Å². The van der Waals surface area contributed by atoms with Crippen molar-refractivity contribution >= 4 is 71.0 Å². The maximum atomic E-state index is 2.59. The molecule has 0 aliphatic heterocycles. The van der Waals surface area contributed by atoms with Gasteiger partial charge in [-0.25, -0.2) is 0 Å². The fourth-order valence-electron chi connectivity index (χ4n) is 8.95. The summed E-state index contributed by atoms with van der Waals surface area (Å²) in [5.74, 6) is 0. The molecular weight excluding hydrogens is 619 g/mol. The Kier molecular flexibility index (Phi) is 5.94. The maximum Gasteiger partial charge on any atom is 0.145 e. The van der Waals surface area contributed by atoms with Crippen LogP contribution in [-0.4, -0.2) is 13.7 Å². The molecule has 240 valence electrons. The average Bonchev–Trinajstić information content (AvgIpc) is 3.85. The zero-order valence-corrected chi connectivity index (χ0v) is 27.9. The Morgan fingerprint density at radius 3 is 1.10 bits per heavy atom. The van der Waals surface area contributed by atoms with Gasteiger partial charge in [0.1, 0.15) is 5.66 Å². The first-order valence-electron chi connectivity index (χ1n) is 17.8. The van der Waals surface area contributed by atoms with Crippen LogP contribution >= 0.6 is 0 Å². The Bertz CT molecular complexity index is 2780. The molecule has 0 amide bonds. The van der Waals surface area contributed by atoms with Crippen molar-refractivity contribution in [3.63, 3.8) is 0 Å². The number of para-hydroxylation sites is 6. The van der Waals surface area contributed by atoms with E-state index in [2.05, 4.69) is 202 Å². The predicted octanol–water partition coefficient (Wildman–Crippen LogP) is 12.2. The molecule has 0 spiro atoms. The van der Waals surface area contributed by atoms with Crippen LogP contribution in [0.4, 0.5) is 0 Å². The van der Waals surface area contributed by atoms with Crippen molar-refractivity contribution in [2.24, 2.45) is 0 Å². The molecule has 0 unspecified atom stereocenters. The molecule has 1 aliphatic carbocycles. The summed E-state index contributed by atoms with van der Waals surface area (Å²) in [4.78, 5) is 0. The highest BCUT2D eigenvalue weighted by molar-refractivity contribution is 6.11. The van der Waals surface area contributed by atoms with E-state index in [4.69, 9.17) is 0 Å². The van der Waals surface area contributed by atoms with Gasteiger partial charge in [-0.1, -0.05) is 133 Å². The standard InChI is InChI=1S/C48H33N3/c1-7-19-42-36(13-1)37-14-2-8-20-43(37)49(42)35-27-25-33(26-28-35)34-29-31-48(32-30-34,50-44-21-9-3-15-38(44)39-16-4-10-22-45(39)50)51-46-23-11-5-17-40(46)41-18-6-12-24-47(41)51/h1-31H,32H2. The van der Waals surface area contributed by atoms with E-state index < -0.39 is 5.66 Å². The third-order valence-electron chi connectivity index (χ3n) is 11.1. The Morgan fingerprint density at radius 2 is 0.725 bits per heavy atom. The van der Waals surface area contributed by atoms with Crippen LogP contribution in [0.1, 0.15) is 12.0 Å². The van der Waals surface area contributed by atoms with Gasteiger partial charge in [-0.15, -0.1) is 0 Å². The molecule has 3 aromatic heterocycles. The van der Waals surface area contributed by atoms with Gasteiger partial charge in [0, 0.05) is 44.4 Å². The largest absolute Gasteiger partial charge is 0.313 e. The molecule has 7 aromatic carbocycles. The van der Waals surface area contributed by atoms with Gasteiger partial charge in [-0.05, 0) is 65.7 Å². The minimum absolute atomic E-state index is 0.530. The summed E-state index contributed by atoms with van der Waals surface area (Å²) in [6, 6.07) is 62.0. The van der Waals surface area contributed by atoms with Crippen LogP contribution in [0.25, 0.3) is 76.7 Å². The fraction of sp³-hybridized carbons (Fsp3) is 0.0417. The maximum absolute atomic E-state index is 2.59. The van der Waals surface area contributed by atoms with Crippen LogP contribution in [0.5, 0.6) is 0 Å². The third kappa shape index (κ3) is 3.94. The van der Waals surface area contributed by atoms with Gasteiger partial charge in [0.05, 0.1) is 33.1 Å². The van der Waals surface area contributed by atoms with Crippen LogP contribution in [-0.2, 0) is 5.66 Å². The van der Waals surface area contributed by atoms with Gasteiger partial charge in [-0.3, -0.25) is 0 Å². The third-order valence-corrected chi connectivity index (χ3v) is 11.1. The SMILES string of the molecule is C1=CC(n2c3ccccc3c3ccccc32)(n2c3ccccc3c3ccccc32)CC=C1c1ccc(-n2c3ccccc3c3ccccc32)cc1. The highest BCUT2D eigenvalue weighted by Crippen LogP contribution is 2.45. The molecule has 10 aromatic rings. The molecule has 1 aliphatic rings. The average molecular weight is 652 g/mol. The van der Waals surface area contributed by atoms with Gasteiger partial charge < -0.3 is 13.7 Å². The monoisotopic (exact) mass is 651 g/mol. The first-order valence-corrected chi connectivity index (χ1v) is 17.8. The summed E-state index contributed by atoms with van der Waals surface area (Å²) in [6.07, 6.45) is 8.05. The first kappa shape index (κ1) is 28.3. The molecule has 3 heteroatoms. The van der Waals surface area contributed by atoms with Gasteiger partial charge >= 0.3 is 0 Å². The van der Waals surface area contributed by atoms with Crippen LogP contribution in [0, 0.1) is 0 Å². The summed E-state index contributed by atoms with van der Waals surface area (Å²) in [5.41, 5.74) is 10.5. The molecule has 3 nitrogen and oxygen atoms in total. The van der Waals surface area contributed by atoms with Gasteiger partial charge in [0.15, 0.2) is 0 Å². The Labute approximate surface area is 295 Å². The van der Waals surface area contributed by atoms with Crippen LogP contribution in [0.3, 0.4) is 0 Å². The summed E-state index contributed by atoms with van der Waals surface area (Å²) in [5, 5.41) is 7.66. The van der Waals surface area contributed by atoms with Crippen molar-refractivity contribution in [3.05, 3.63) is 194 Å². The second-order valence-corrected chi connectivity index (χ2v) is 13.7. The second kappa shape index (κ2) is 10.7. The van der Waals surface area contributed by atoms with Gasteiger partial charge in [-0.2, -0.15) is 0 Å². The number of rotatable bonds is 4. The number of benzene rings is 7. The number of hydrogen-bond acceptors (Lipinski definition) is 0. The van der Waals surface area contributed by atoms with E-state index >= 15 is 0 Å². The van der Waals surface area contributed by atoms with E-state index in [-0.39, 0.29) is 0 Å². The molecule has 0 bridgehead atoms. The van der Waals surface area contributed by atoms with Crippen molar-refractivity contribution in [3.8, 4) is 5.69 Å². The normalized spacial score (nSPS) is 14.4. The molecule has 0 fully saturated rings. The van der Waals surface area contributed by atoms with Crippen LogP contribution in [0.2, 0.25) is 0 Å². The second-order valence-electron chi connectivity index (χ2n) is 13.7. The number of allylic oxidation sites excluding steroid dienone is 4. The molecule has 0 saturated carbocycles. The lowest BCUT2D eigenvalue weighted by molar-refractivity contribution is 0.346. The fourth-order valence-corrected chi connectivity index (χ4v) is 8.95. The Morgan fingerprint density at radius 1 is 0.373 bits per heavy atom. The molecule has 3 heterocycles. The smallest absolute Gasteiger partial charge is 0.145 e. The summed E-state index contributed by atoms with van der Waals surface area (Å²) < 4.78 is 7.56. The summed E-state index contributed by atoms with van der Waals surface area (Å²) in [6.45, 7) is 0. The van der Waals surface area contributed by atoms with Gasteiger partial charge in [0.2, 0.25) is 0 Å². The van der Waals surface area contributed by atoms with Crippen molar-refractivity contribution in [1.82, 2.24) is 13.7 Å².